The van der Waals surface area contributed by atoms with Crippen molar-refractivity contribution in [3.63, 3.8) is 0 Å². The molecule has 1 aromatic rings. The highest BCUT2D eigenvalue weighted by Gasteiger charge is 2.30. The maximum atomic E-state index is 13.0. The average Bonchev–Trinajstić information content (AvgIpc) is 3.66. The van der Waals surface area contributed by atoms with Crippen molar-refractivity contribution in [2.24, 2.45) is 5.92 Å². The van der Waals surface area contributed by atoms with Gasteiger partial charge in [-0.05, 0) is 69.1 Å². The number of benzene rings is 1. The first-order valence-corrected chi connectivity index (χ1v) is 12.4. The minimum atomic E-state index is -0.395. The normalized spacial score (nSPS) is 22.9. The smallest absolute Gasteiger partial charge is 0.251 e. The fraction of sp³-hybridized carbons (Fsp3) is 0.654. The maximum absolute atomic E-state index is 13.0. The van der Waals surface area contributed by atoms with Crippen LogP contribution >= 0.6 is 0 Å². The van der Waals surface area contributed by atoms with Gasteiger partial charge in [0.1, 0.15) is 0 Å². The third-order valence-electron chi connectivity index (χ3n) is 7.36. The van der Waals surface area contributed by atoms with Crippen LogP contribution in [0.25, 0.3) is 0 Å². The minimum Gasteiger partial charge on any atom is -0.342 e. The summed E-state index contributed by atoms with van der Waals surface area (Å²) in [7, 11) is 0. The van der Waals surface area contributed by atoms with E-state index in [1.165, 1.54) is 19.3 Å². The molecule has 32 heavy (non-hydrogen) atoms. The lowest BCUT2D eigenvalue weighted by molar-refractivity contribution is -0.131. The first-order valence-electron chi connectivity index (χ1n) is 12.4. The number of nitrogens with one attached hydrogen (secondary N) is 2. The zero-order valence-corrected chi connectivity index (χ0v) is 19.3. The molecule has 2 saturated carbocycles. The van der Waals surface area contributed by atoms with Gasteiger partial charge in [0.05, 0.1) is 12.6 Å². The van der Waals surface area contributed by atoms with Gasteiger partial charge in [-0.1, -0.05) is 31.4 Å². The summed E-state index contributed by atoms with van der Waals surface area (Å²) in [5.41, 5.74) is 1.70. The molecule has 0 unspecified atom stereocenters. The largest absolute Gasteiger partial charge is 0.342 e. The second-order valence-electron chi connectivity index (χ2n) is 9.92. The highest BCUT2D eigenvalue weighted by atomic mass is 16.2. The number of nitrogens with zero attached hydrogens (tertiary/aromatic N) is 1. The number of amides is 2. The van der Waals surface area contributed by atoms with Crippen LogP contribution in [0.4, 0.5) is 0 Å². The minimum absolute atomic E-state index is 0.0441. The molecule has 1 aliphatic heterocycles. The van der Waals surface area contributed by atoms with Crippen LogP contribution in [-0.2, 0) is 9.59 Å². The van der Waals surface area contributed by atoms with E-state index in [2.05, 4.69) is 16.7 Å². The molecule has 6 nitrogen and oxygen atoms in total. The zero-order valence-electron chi connectivity index (χ0n) is 19.3. The zero-order chi connectivity index (χ0) is 22.5. The van der Waals surface area contributed by atoms with Crippen LogP contribution in [0.5, 0.6) is 0 Å². The van der Waals surface area contributed by atoms with Gasteiger partial charge in [-0.3, -0.25) is 14.4 Å². The van der Waals surface area contributed by atoms with E-state index in [9.17, 15) is 14.4 Å². The molecular weight excluding hydrogens is 402 g/mol. The van der Waals surface area contributed by atoms with Gasteiger partial charge in [0.25, 0.3) is 5.91 Å². The van der Waals surface area contributed by atoms with Gasteiger partial charge in [0, 0.05) is 30.6 Å². The van der Waals surface area contributed by atoms with Crippen LogP contribution in [-0.4, -0.2) is 54.2 Å². The molecule has 0 spiro atoms. The Balaban J connectivity index is 1.38. The quantitative estimate of drug-likeness (QED) is 0.651. The average molecular weight is 440 g/mol. The van der Waals surface area contributed by atoms with Gasteiger partial charge >= 0.3 is 0 Å². The van der Waals surface area contributed by atoms with E-state index in [1.807, 2.05) is 23.1 Å². The number of ketones is 1. The predicted octanol–water partition coefficient (Wildman–Crippen LogP) is 3.41. The fourth-order valence-corrected chi connectivity index (χ4v) is 5.28. The topological polar surface area (TPSA) is 78.5 Å². The number of carbonyl (C=O) groups is 3. The molecule has 6 heteroatoms. The third kappa shape index (κ3) is 5.97. The Morgan fingerprint density at radius 1 is 1.03 bits per heavy atom. The molecule has 2 atom stereocenters. The molecule has 2 N–H and O–H groups in total. The van der Waals surface area contributed by atoms with E-state index in [4.69, 9.17) is 0 Å². The number of rotatable bonds is 8. The molecule has 2 amide bonds. The van der Waals surface area contributed by atoms with Crippen LogP contribution < -0.4 is 10.6 Å². The Kier molecular flexibility index (Phi) is 7.61. The van der Waals surface area contributed by atoms with Crippen LogP contribution in [0.15, 0.2) is 24.3 Å². The standard InChI is InChI=1S/C26H37N3O3/c1-18(30)25(19-7-3-2-4-8-19)28-26(32)21-10-5-9-20(15-21)22-11-6-14-29(17-22)24(31)16-27-23-12-13-23/h5,9-10,15,19,22-23,25,27H,2-4,6-8,11-14,16-17H2,1H3,(H,28,32)/t22-,25+/m1/s1. The summed E-state index contributed by atoms with van der Waals surface area (Å²) in [6.07, 6.45) is 9.84. The summed E-state index contributed by atoms with van der Waals surface area (Å²) in [4.78, 5) is 39.8. The highest BCUT2D eigenvalue weighted by molar-refractivity contribution is 5.97. The van der Waals surface area contributed by atoms with Crippen LogP contribution in [0.3, 0.4) is 0 Å². The Morgan fingerprint density at radius 3 is 2.53 bits per heavy atom. The van der Waals surface area contributed by atoms with Crippen molar-refractivity contribution in [3.8, 4) is 0 Å². The number of Topliss-reactive ketones (excluding diaryl/α,β-unsaturated/α-hetero) is 1. The Hall–Kier alpha value is -2.21. The maximum Gasteiger partial charge on any atom is 0.251 e. The molecule has 174 valence electrons. The Labute approximate surface area is 191 Å². The monoisotopic (exact) mass is 439 g/mol. The van der Waals surface area contributed by atoms with Crippen LogP contribution in [0.1, 0.15) is 86.6 Å². The molecular formula is C26H37N3O3. The molecule has 1 aromatic carbocycles. The molecule has 4 rings (SSSR count). The molecule has 3 aliphatic rings. The van der Waals surface area contributed by atoms with Gasteiger partial charge in [-0.2, -0.15) is 0 Å². The van der Waals surface area contributed by atoms with E-state index in [1.54, 1.807) is 6.92 Å². The highest BCUT2D eigenvalue weighted by Crippen LogP contribution is 2.29. The fourth-order valence-electron chi connectivity index (χ4n) is 5.28. The predicted molar refractivity (Wildman–Crippen MR) is 125 cm³/mol. The summed E-state index contributed by atoms with van der Waals surface area (Å²) in [6, 6.07) is 7.89. The lowest BCUT2D eigenvalue weighted by Gasteiger charge is -2.33. The number of hydrogen-bond donors (Lipinski definition) is 2. The molecule has 3 fully saturated rings. The number of piperidine rings is 1. The molecule has 2 aliphatic carbocycles. The molecule has 1 saturated heterocycles. The molecule has 1 heterocycles. The SMILES string of the molecule is CC(=O)[C@H](NC(=O)c1cccc([C@@H]2CCCN(C(=O)CNC3CC3)C2)c1)C1CCCCC1. The van der Waals surface area contributed by atoms with Crippen LogP contribution in [0.2, 0.25) is 0 Å². The van der Waals surface area contributed by atoms with Crippen molar-refractivity contribution in [1.82, 2.24) is 15.5 Å². The van der Waals surface area contributed by atoms with E-state index < -0.39 is 6.04 Å². The molecule has 0 aromatic heterocycles. The lowest BCUT2D eigenvalue weighted by Crippen LogP contribution is -2.45. The second-order valence-corrected chi connectivity index (χ2v) is 9.92. The number of likely N-dealkylation sites (tertiary alicyclic amines) is 1. The molecule has 0 bridgehead atoms. The van der Waals surface area contributed by atoms with Crippen molar-refractivity contribution in [2.75, 3.05) is 19.6 Å². The summed E-state index contributed by atoms with van der Waals surface area (Å²) >= 11 is 0. The first kappa shape index (κ1) is 23.0. The van der Waals surface area contributed by atoms with Gasteiger partial charge in [0.15, 0.2) is 5.78 Å². The van der Waals surface area contributed by atoms with Gasteiger partial charge < -0.3 is 15.5 Å². The van der Waals surface area contributed by atoms with Crippen molar-refractivity contribution >= 4 is 17.6 Å². The first-order chi connectivity index (χ1) is 15.5. The number of hydrogen-bond acceptors (Lipinski definition) is 4. The summed E-state index contributed by atoms with van der Waals surface area (Å²) in [5.74, 6) is 0.531. The second kappa shape index (κ2) is 10.6. The Morgan fingerprint density at radius 2 is 1.81 bits per heavy atom. The van der Waals surface area contributed by atoms with E-state index in [-0.39, 0.29) is 29.4 Å². The molecule has 0 radical (unpaired) electrons. The van der Waals surface area contributed by atoms with E-state index in [0.717, 1.165) is 50.6 Å². The van der Waals surface area contributed by atoms with Crippen molar-refractivity contribution in [2.45, 2.75) is 82.7 Å². The van der Waals surface area contributed by atoms with Gasteiger partial charge in [-0.15, -0.1) is 0 Å². The van der Waals surface area contributed by atoms with Crippen molar-refractivity contribution < 1.29 is 14.4 Å². The van der Waals surface area contributed by atoms with Crippen LogP contribution in [0, 0.1) is 5.92 Å². The summed E-state index contributed by atoms with van der Waals surface area (Å²) in [5, 5.41) is 6.35. The lowest BCUT2D eigenvalue weighted by atomic mass is 9.82. The van der Waals surface area contributed by atoms with Crippen molar-refractivity contribution in [3.05, 3.63) is 35.4 Å². The summed E-state index contributed by atoms with van der Waals surface area (Å²) < 4.78 is 0. The van der Waals surface area contributed by atoms with Gasteiger partial charge in [0.2, 0.25) is 5.91 Å². The van der Waals surface area contributed by atoms with E-state index >= 15 is 0 Å². The third-order valence-corrected chi connectivity index (χ3v) is 7.36. The Bertz CT molecular complexity index is 829. The summed E-state index contributed by atoms with van der Waals surface area (Å²) in [6.45, 7) is 3.52. The van der Waals surface area contributed by atoms with E-state index in [0.29, 0.717) is 24.7 Å². The van der Waals surface area contributed by atoms with Crippen molar-refractivity contribution in [1.29, 1.82) is 0 Å². The number of carbonyl (C=O) groups excluding carboxylic acids is 3. The van der Waals surface area contributed by atoms with Gasteiger partial charge in [-0.25, -0.2) is 0 Å².